The Kier molecular flexibility index (Phi) is 3.88. The van der Waals surface area contributed by atoms with Crippen LogP contribution in [0, 0.1) is 5.92 Å². The molecule has 2 unspecified atom stereocenters. The quantitative estimate of drug-likeness (QED) is 0.764. The summed E-state index contributed by atoms with van der Waals surface area (Å²) in [5, 5.41) is 10.4. The van der Waals surface area contributed by atoms with E-state index in [9.17, 15) is 5.11 Å². The third-order valence-corrected chi connectivity index (χ3v) is 4.47. The SMILES string of the molecule is CC1CCC(CN)CN1CC1(O)CCCC1. The molecule has 0 aromatic heterocycles. The molecule has 2 atom stereocenters. The summed E-state index contributed by atoms with van der Waals surface area (Å²) in [4.78, 5) is 2.46. The van der Waals surface area contributed by atoms with Crippen molar-refractivity contribution in [2.75, 3.05) is 19.6 Å². The normalized spacial score (nSPS) is 35.4. The molecular weight excluding hydrogens is 200 g/mol. The van der Waals surface area contributed by atoms with Crippen LogP contribution in [0.4, 0.5) is 0 Å². The molecule has 1 aliphatic heterocycles. The summed E-state index contributed by atoms with van der Waals surface area (Å²) >= 11 is 0. The van der Waals surface area contributed by atoms with Gasteiger partial charge in [-0.25, -0.2) is 0 Å². The number of aliphatic hydroxyl groups is 1. The van der Waals surface area contributed by atoms with Crippen LogP contribution < -0.4 is 5.73 Å². The van der Waals surface area contributed by atoms with Crippen LogP contribution in [0.3, 0.4) is 0 Å². The van der Waals surface area contributed by atoms with Crippen LogP contribution in [-0.2, 0) is 0 Å². The summed E-state index contributed by atoms with van der Waals surface area (Å²) in [5.41, 5.74) is 5.36. The molecular formula is C13H26N2O. The van der Waals surface area contributed by atoms with Crippen LogP contribution in [0.15, 0.2) is 0 Å². The molecule has 2 aliphatic rings. The Morgan fingerprint density at radius 3 is 2.62 bits per heavy atom. The van der Waals surface area contributed by atoms with Crippen molar-refractivity contribution < 1.29 is 5.11 Å². The number of rotatable bonds is 3. The maximum Gasteiger partial charge on any atom is 0.0774 e. The minimum atomic E-state index is -0.398. The van der Waals surface area contributed by atoms with E-state index in [0.717, 1.165) is 32.5 Å². The van der Waals surface area contributed by atoms with Crippen molar-refractivity contribution in [3.63, 3.8) is 0 Å². The third kappa shape index (κ3) is 2.76. The topological polar surface area (TPSA) is 49.5 Å². The van der Waals surface area contributed by atoms with E-state index in [1.165, 1.54) is 25.7 Å². The average Bonchev–Trinajstić information content (AvgIpc) is 2.68. The van der Waals surface area contributed by atoms with Crippen LogP contribution >= 0.6 is 0 Å². The molecule has 0 amide bonds. The molecule has 0 spiro atoms. The van der Waals surface area contributed by atoms with Gasteiger partial charge in [0.25, 0.3) is 0 Å². The van der Waals surface area contributed by atoms with Crippen molar-refractivity contribution in [1.82, 2.24) is 4.90 Å². The van der Waals surface area contributed by atoms with E-state index in [4.69, 9.17) is 5.73 Å². The van der Waals surface area contributed by atoms with Gasteiger partial charge in [-0.1, -0.05) is 12.8 Å². The van der Waals surface area contributed by atoms with E-state index >= 15 is 0 Å². The zero-order chi connectivity index (χ0) is 11.6. The maximum absolute atomic E-state index is 10.4. The lowest BCUT2D eigenvalue weighted by Gasteiger charge is -2.41. The van der Waals surface area contributed by atoms with Gasteiger partial charge in [0.15, 0.2) is 0 Å². The van der Waals surface area contributed by atoms with Gasteiger partial charge in [-0.3, -0.25) is 4.90 Å². The number of hydrogen-bond acceptors (Lipinski definition) is 3. The fourth-order valence-corrected chi connectivity index (χ4v) is 3.24. The zero-order valence-corrected chi connectivity index (χ0v) is 10.5. The highest BCUT2D eigenvalue weighted by Crippen LogP contribution is 2.32. The molecule has 1 saturated heterocycles. The molecule has 0 bridgehead atoms. The molecule has 3 N–H and O–H groups in total. The van der Waals surface area contributed by atoms with Gasteiger partial charge >= 0.3 is 0 Å². The van der Waals surface area contributed by atoms with E-state index in [1.54, 1.807) is 0 Å². The van der Waals surface area contributed by atoms with Crippen molar-refractivity contribution >= 4 is 0 Å². The van der Waals surface area contributed by atoms with Gasteiger partial charge < -0.3 is 10.8 Å². The van der Waals surface area contributed by atoms with Gasteiger partial charge in [0.1, 0.15) is 0 Å². The maximum atomic E-state index is 10.4. The molecule has 0 radical (unpaired) electrons. The number of β-amino-alcohol motifs (C(OH)–C–C–N with tert-alkyl or cyclic N) is 1. The predicted octanol–water partition coefficient (Wildman–Crippen LogP) is 1.35. The Bertz CT molecular complexity index is 226. The number of nitrogens with zero attached hydrogens (tertiary/aromatic N) is 1. The first-order valence-corrected chi connectivity index (χ1v) is 6.79. The Labute approximate surface area is 99.0 Å². The molecule has 1 saturated carbocycles. The second-order valence-corrected chi connectivity index (χ2v) is 5.89. The van der Waals surface area contributed by atoms with E-state index in [0.29, 0.717) is 12.0 Å². The molecule has 3 nitrogen and oxygen atoms in total. The summed E-state index contributed by atoms with van der Waals surface area (Å²) < 4.78 is 0. The molecule has 1 aliphatic carbocycles. The number of piperidine rings is 1. The summed E-state index contributed by atoms with van der Waals surface area (Å²) in [6.45, 7) is 5.03. The van der Waals surface area contributed by atoms with Crippen molar-refractivity contribution in [3.8, 4) is 0 Å². The molecule has 0 aromatic rings. The summed E-state index contributed by atoms with van der Waals surface area (Å²) in [6, 6.07) is 0.618. The van der Waals surface area contributed by atoms with E-state index in [2.05, 4.69) is 11.8 Å². The largest absolute Gasteiger partial charge is 0.389 e. The lowest BCUT2D eigenvalue weighted by molar-refractivity contribution is -0.0171. The van der Waals surface area contributed by atoms with Crippen LogP contribution in [0.25, 0.3) is 0 Å². The van der Waals surface area contributed by atoms with Crippen molar-refractivity contribution in [2.24, 2.45) is 11.7 Å². The van der Waals surface area contributed by atoms with Crippen LogP contribution in [-0.4, -0.2) is 41.3 Å². The van der Waals surface area contributed by atoms with Gasteiger partial charge in [-0.15, -0.1) is 0 Å². The molecule has 2 rings (SSSR count). The second kappa shape index (κ2) is 5.03. The zero-order valence-electron chi connectivity index (χ0n) is 10.5. The Morgan fingerprint density at radius 2 is 2.00 bits per heavy atom. The minimum Gasteiger partial charge on any atom is -0.389 e. The van der Waals surface area contributed by atoms with Crippen molar-refractivity contribution in [2.45, 2.75) is 57.1 Å². The summed E-state index contributed by atoms with van der Waals surface area (Å²) in [7, 11) is 0. The predicted molar refractivity (Wildman–Crippen MR) is 66.2 cm³/mol. The average molecular weight is 226 g/mol. The van der Waals surface area contributed by atoms with E-state index in [-0.39, 0.29) is 0 Å². The van der Waals surface area contributed by atoms with Crippen LogP contribution in [0.1, 0.15) is 45.4 Å². The highest BCUT2D eigenvalue weighted by Gasteiger charge is 2.36. The smallest absolute Gasteiger partial charge is 0.0774 e. The van der Waals surface area contributed by atoms with Crippen molar-refractivity contribution in [3.05, 3.63) is 0 Å². The highest BCUT2D eigenvalue weighted by molar-refractivity contribution is 4.90. The standard InChI is InChI=1S/C13H26N2O/c1-11-4-5-12(8-14)9-15(11)10-13(16)6-2-3-7-13/h11-12,16H,2-10,14H2,1H3. The first-order chi connectivity index (χ1) is 7.63. The Balaban J connectivity index is 1.91. The second-order valence-electron chi connectivity index (χ2n) is 5.89. The molecule has 2 fully saturated rings. The summed E-state index contributed by atoms with van der Waals surface area (Å²) in [6.07, 6.45) is 6.86. The first kappa shape index (κ1) is 12.3. The van der Waals surface area contributed by atoms with Gasteiger partial charge in [-0.2, -0.15) is 0 Å². The minimum absolute atomic E-state index is 0.398. The highest BCUT2D eigenvalue weighted by atomic mass is 16.3. The number of nitrogens with two attached hydrogens (primary N) is 1. The van der Waals surface area contributed by atoms with Crippen LogP contribution in [0.2, 0.25) is 0 Å². The third-order valence-electron chi connectivity index (χ3n) is 4.47. The molecule has 3 heteroatoms. The fourth-order valence-electron chi connectivity index (χ4n) is 3.24. The summed E-state index contributed by atoms with van der Waals surface area (Å²) in [5.74, 6) is 0.640. The van der Waals surface area contributed by atoms with E-state index in [1.807, 2.05) is 0 Å². The molecule has 94 valence electrons. The Morgan fingerprint density at radius 1 is 1.31 bits per heavy atom. The first-order valence-electron chi connectivity index (χ1n) is 6.79. The number of likely N-dealkylation sites (tertiary alicyclic amines) is 1. The van der Waals surface area contributed by atoms with Crippen LogP contribution in [0.5, 0.6) is 0 Å². The molecule has 0 aromatic carbocycles. The van der Waals surface area contributed by atoms with Gasteiger partial charge in [0.05, 0.1) is 5.60 Å². The van der Waals surface area contributed by atoms with Gasteiger partial charge in [0.2, 0.25) is 0 Å². The monoisotopic (exact) mass is 226 g/mol. The lowest BCUT2D eigenvalue weighted by Crippen LogP contribution is -2.50. The number of hydrogen-bond donors (Lipinski definition) is 2. The Hall–Kier alpha value is -0.120. The molecule has 1 heterocycles. The van der Waals surface area contributed by atoms with E-state index < -0.39 is 5.60 Å². The van der Waals surface area contributed by atoms with Gasteiger partial charge in [0, 0.05) is 19.1 Å². The van der Waals surface area contributed by atoms with Crippen molar-refractivity contribution in [1.29, 1.82) is 0 Å². The van der Waals surface area contributed by atoms with Gasteiger partial charge in [-0.05, 0) is 45.1 Å². The lowest BCUT2D eigenvalue weighted by atomic mass is 9.91. The molecule has 16 heavy (non-hydrogen) atoms. The fraction of sp³-hybridized carbons (Fsp3) is 1.00.